The van der Waals surface area contributed by atoms with E-state index in [0.717, 1.165) is 39.1 Å². The van der Waals surface area contributed by atoms with Crippen molar-refractivity contribution in [1.29, 1.82) is 0 Å². The Labute approximate surface area is 246 Å². The Morgan fingerprint density at radius 3 is 1.95 bits per heavy atom. The number of para-hydroxylation sites is 2. The molecule has 0 bridgehead atoms. The first-order valence-corrected chi connectivity index (χ1v) is 14.9. The van der Waals surface area contributed by atoms with Gasteiger partial charge in [0, 0.05) is 41.9 Å². The second-order valence-electron chi connectivity index (χ2n) is 10.6. The molecular weight excluding hydrogens is 531 g/mol. The van der Waals surface area contributed by atoms with Gasteiger partial charge in [-0.1, -0.05) is 91.0 Å². The zero-order valence-corrected chi connectivity index (χ0v) is 23.3. The van der Waals surface area contributed by atoms with Gasteiger partial charge in [0.1, 0.15) is 5.82 Å². The van der Waals surface area contributed by atoms with E-state index >= 15 is 0 Å². The lowest BCUT2D eigenvalue weighted by atomic mass is 10.0. The van der Waals surface area contributed by atoms with Crippen molar-refractivity contribution < 1.29 is 0 Å². The third kappa shape index (κ3) is 3.52. The topological polar surface area (TPSA) is 30.7 Å². The van der Waals surface area contributed by atoms with E-state index in [-0.39, 0.29) is 0 Å². The summed E-state index contributed by atoms with van der Waals surface area (Å²) in [5, 5.41) is 6.08. The highest BCUT2D eigenvalue weighted by molar-refractivity contribution is 7.25. The molecule has 9 rings (SSSR count). The Morgan fingerprint density at radius 1 is 0.429 bits per heavy atom. The Morgan fingerprint density at radius 2 is 1.07 bits per heavy atom. The average molecular weight is 554 g/mol. The van der Waals surface area contributed by atoms with Gasteiger partial charge in [0.2, 0.25) is 0 Å². The van der Waals surface area contributed by atoms with Gasteiger partial charge in [-0.25, -0.2) is 9.97 Å². The number of fused-ring (bicyclic) bond motifs is 7. The van der Waals surface area contributed by atoms with Gasteiger partial charge in [0.25, 0.3) is 0 Å². The maximum atomic E-state index is 5.20. The van der Waals surface area contributed by atoms with Crippen LogP contribution in [-0.4, -0.2) is 14.5 Å². The van der Waals surface area contributed by atoms with Crippen LogP contribution in [0.4, 0.5) is 0 Å². The number of aromatic nitrogens is 3. The van der Waals surface area contributed by atoms with Crippen LogP contribution in [0.1, 0.15) is 0 Å². The van der Waals surface area contributed by atoms with E-state index in [1.807, 2.05) is 35.6 Å². The predicted molar refractivity (Wildman–Crippen MR) is 178 cm³/mol. The molecule has 196 valence electrons. The molecule has 3 nitrogen and oxygen atoms in total. The summed E-state index contributed by atoms with van der Waals surface area (Å²) < 4.78 is 4.96. The van der Waals surface area contributed by atoms with Gasteiger partial charge in [0.05, 0.1) is 16.6 Å². The second kappa shape index (κ2) is 9.10. The molecule has 0 aliphatic heterocycles. The third-order valence-electron chi connectivity index (χ3n) is 8.21. The van der Waals surface area contributed by atoms with Gasteiger partial charge in [0.15, 0.2) is 5.82 Å². The van der Waals surface area contributed by atoms with Crippen LogP contribution in [0.15, 0.2) is 140 Å². The quantitative estimate of drug-likeness (QED) is 0.218. The fourth-order valence-corrected chi connectivity index (χ4v) is 7.32. The van der Waals surface area contributed by atoms with Crippen molar-refractivity contribution in [3.05, 3.63) is 140 Å². The van der Waals surface area contributed by atoms with Crippen LogP contribution in [0.25, 0.3) is 81.2 Å². The highest BCUT2D eigenvalue weighted by Crippen LogP contribution is 2.39. The SMILES string of the molecule is c1ccc(-c2nc(-n3c4ccccc4c4cc(-c5ccc6sc7ccccc7c6c5)ccc43)c3ccccc3n2)cc1. The number of hydrogen-bond acceptors (Lipinski definition) is 3. The lowest BCUT2D eigenvalue weighted by Crippen LogP contribution is -2.02. The van der Waals surface area contributed by atoms with E-state index in [1.54, 1.807) is 0 Å². The fourth-order valence-electron chi connectivity index (χ4n) is 6.23. The third-order valence-corrected chi connectivity index (χ3v) is 9.36. The van der Waals surface area contributed by atoms with Crippen LogP contribution in [0.2, 0.25) is 0 Å². The molecule has 0 saturated carbocycles. The molecule has 0 amide bonds. The molecule has 0 atom stereocenters. The van der Waals surface area contributed by atoms with Crippen molar-refractivity contribution in [3.8, 4) is 28.3 Å². The smallest absolute Gasteiger partial charge is 0.162 e. The molecule has 0 aliphatic carbocycles. The van der Waals surface area contributed by atoms with Gasteiger partial charge in [-0.15, -0.1) is 11.3 Å². The summed E-state index contributed by atoms with van der Waals surface area (Å²) in [7, 11) is 0. The van der Waals surface area contributed by atoms with E-state index in [4.69, 9.17) is 9.97 Å². The second-order valence-corrected chi connectivity index (χ2v) is 11.7. The number of nitrogens with zero attached hydrogens (tertiary/aromatic N) is 3. The summed E-state index contributed by atoms with van der Waals surface area (Å²) in [6.07, 6.45) is 0. The minimum Gasteiger partial charge on any atom is -0.293 e. The predicted octanol–water partition coefficient (Wildman–Crippen LogP) is 10.4. The maximum Gasteiger partial charge on any atom is 0.162 e. The molecule has 3 heterocycles. The largest absolute Gasteiger partial charge is 0.293 e. The summed E-state index contributed by atoms with van der Waals surface area (Å²) >= 11 is 1.86. The van der Waals surface area contributed by atoms with Gasteiger partial charge in [-0.3, -0.25) is 4.57 Å². The lowest BCUT2D eigenvalue weighted by molar-refractivity contribution is 1.08. The summed E-state index contributed by atoms with van der Waals surface area (Å²) in [6.45, 7) is 0. The first-order valence-electron chi connectivity index (χ1n) is 14.1. The molecule has 0 saturated heterocycles. The van der Waals surface area contributed by atoms with E-state index in [1.165, 1.54) is 42.1 Å². The van der Waals surface area contributed by atoms with Gasteiger partial charge < -0.3 is 0 Å². The molecule has 0 unspecified atom stereocenters. The number of benzene rings is 6. The van der Waals surface area contributed by atoms with Gasteiger partial charge in [-0.2, -0.15) is 0 Å². The number of thiophene rings is 1. The van der Waals surface area contributed by atoms with Crippen molar-refractivity contribution in [3.63, 3.8) is 0 Å². The van der Waals surface area contributed by atoms with E-state index in [9.17, 15) is 0 Å². The summed E-state index contributed by atoms with van der Waals surface area (Å²) in [5.74, 6) is 1.62. The lowest BCUT2D eigenvalue weighted by Gasteiger charge is -2.12. The molecule has 0 aliphatic rings. The summed E-state index contributed by atoms with van der Waals surface area (Å²) in [4.78, 5) is 10.2. The van der Waals surface area contributed by atoms with Crippen LogP contribution in [0.5, 0.6) is 0 Å². The van der Waals surface area contributed by atoms with Crippen LogP contribution < -0.4 is 0 Å². The molecule has 4 heteroatoms. The van der Waals surface area contributed by atoms with Crippen molar-refractivity contribution in [2.24, 2.45) is 0 Å². The van der Waals surface area contributed by atoms with Crippen molar-refractivity contribution in [2.75, 3.05) is 0 Å². The van der Waals surface area contributed by atoms with Crippen molar-refractivity contribution >= 4 is 64.2 Å². The normalized spacial score (nSPS) is 11.8. The number of rotatable bonds is 3. The molecule has 0 N–H and O–H groups in total. The highest BCUT2D eigenvalue weighted by atomic mass is 32.1. The van der Waals surface area contributed by atoms with Crippen LogP contribution >= 0.6 is 11.3 Å². The number of hydrogen-bond donors (Lipinski definition) is 0. The molecular formula is C38H23N3S. The van der Waals surface area contributed by atoms with E-state index < -0.39 is 0 Å². The minimum atomic E-state index is 0.725. The average Bonchev–Trinajstić information content (AvgIpc) is 3.59. The van der Waals surface area contributed by atoms with E-state index in [0.29, 0.717) is 0 Å². The Bertz CT molecular complexity index is 2470. The molecule has 0 spiro atoms. The minimum absolute atomic E-state index is 0.725. The van der Waals surface area contributed by atoms with Crippen LogP contribution in [0.3, 0.4) is 0 Å². The molecule has 0 fully saturated rings. The zero-order valence-electron chi connectivity index (χ0n) is 22.5. The molecule has 0 radical (unpaired) electrons. The fraction of sp³-hybridized carbons (Fsp3) is 0. The molecule has 6 aromatic carbocycles. The van der Waals surface area contributed by atoms with Gasteiger partial charge >= 0.3 is 0 Å². The molecule has 42 heavy (non-hydrogen) atoms. The molecule has 9 aromatic rings. The van der Waals surface area contributed by atoms with Crippen molar-refractivity contribution in [2.45, 2.75) is 0 Å². The first kappa shape index (κ1) is 23.4. The Hall–Kier alpha value is -5.32. The van der Waals surface area contributed by atoms with Crippen molar-refractivity contribution in [1.82, 2.24) is 14.5 Å². The first-order chi connectivity index (χ1) is 20.8. The Kier molecular flexibility index (Phi) is 5.07. The monoisotopic (exact) mass is 553 g/mol. The Balaban J connectivity index is 1.30. The van der Waals surface area contributed by atoms with Crippen LogP contribution in [0, 0.1) is 0 Å². The van der Waals surface area contributed by atoms with Gasteiger partial charge in [-0.05, 0) is 59.7 Å². The summed E-state index contributed by atoms with van der Waals surface area (Å²) in [5.41, 5.74) is 6.63. The standard InChI is InChI=1S/C38H23N3S/c1-2-10-24(11-3-1)37-39-32-15-7-4-14-29(32)38(40-37)41-33-16-8-5-12-27(33)30-22-25(18-20-34(30)41)26-19-21-36-31(23-26)28-13-6-9-17-35(28)42-36/h1-23H. The van der Waals surface area contributed by atoms with Crippen LogP contribution in [-0.2, 0) is 0 Å². The maximum absolute atomic E-state index is 5.20. The molecule has 3 aromatic heterocycles. The van der Waals surface area contributed by atoms with E-state index in [2.05, 4.69) is 120 Å². The summed E-state index contributed by atoms with van der Waals surface area (Å²) in [6, 6.07) is 49.5. The highest BCUT2D eigenvalue weighted by Gasteiger charge is 2.18. The zero-order chi connectivity index (χ0) is 27.6.